The zero-order valence-electron chi connectivity index (χ0n) is 19.2. The molecule has 2 aliphatic heterocycles. The second-order valence-electron chi connectivity index (χ2n) is 8.73. The van der Waals surface area contributed by atoms with Gasteiger partial charge in [-0.1, -0.05) is 42.5 Å². The summed E-state index contributed by atoms with van der Waals surface area (Å²) in [5.41, 5.74) is 1.28. The molecular weight excluding hydrogens is 432 g/mol. The van der Waals surface area contributed by atoms with Crippen LogP contribution in [0.4, 0.5) is 17.2 Å². The van der Waals surface area contributed by atoms with Crippen molar-refractivity contribution in [3.63, 3.8) is 0 Å². The molecule has 2 aromatic carbocycles. The highest BCUT2D eigenvalue weighted by atomic mass is 16.6. The average Bonchev–Trinajstić information content (AvgIpc) is 2.95. The number of quaternary nitrogens is 1. The fourth-order valence-corrected chi connectivity index (χ4v) is 4.46. The van der Waals surface area contributed by atoms with Gasteiger partial charge in [0.05, 0.1) is 6.20 Å². The van der Waals surface area contributed by atoms with Crippen LogP contribution >= 0.6 is 0 Å². The molecule has 34 heavy (non-hydrogen) atoms. The lowest BCUT2D eigenvalue weighted by molar-refractivity contribution is -0.127. The molecule has 0 aliphatic carbocycles. The number of piperazine rings is 1. The average molecular weight is 459 g/mol. The van der Waals surface area contributed by atoms with Crippen LogP contribution in [0.1, 0.15) is 10.4 Å². The molecule has 9 nitrogen and oxygen atoms in total. The zero-order valence-corrected chi connectivity index (χ0v) is 19.2. The summed E-state index contributed by atoms with van der Waals surface area (Å²) in [5.74, 6) is -0.862. The van der Waals surface area contributed by atoms with Crippen LogP contribution in [0, 0.1) is 5.21 Å². The molecule has 1 unspecified atom stereocenters. The molecule has 1 saturated heterocycles. The highest BCUT2D eigenvalue weighted by Gasteiger charge is 2.45. The van der Waals surface area contributed by atoms with Gasteiger partial charge in [0.15, 0.2) is 11.5 Å². The molecule has 0 spiro atoms. The summed E-state index contributed by atoms with van der Waals surface area (Å²) in [4.78, 5) is 41.7. The monoisotopic (exact) mass is 458 g/mol. The van der Waals surface area contributed by atoms with Gasteiger partial charge >= 0.3 is 5.91 Å². The van der Waals surface area contributed by atoms with Gasteiger partial charge in [0, 0.05) is 44.9 Å². The lowest BCUT2D eigenvalue weighted by Gasteiger charge is -2.40. The Morgan fingerprint density at radius 3 is 2.41 bits per heavy atom. The summed E-state index contributed by atoms with van der Waals surface area (Å²) in [6.45, 7) is 2.98. The van der Waals surface area contributed by atoms with Gasteiger partial charge in [0.2, 0.25) is 0 Å². The van der Waals surface area contributed by atoms with Crippen LogP contribution < -0.4 is 9.55 Å². The molecular formula is C25H26N6O3. The molecule has 5 rings (SSSR count). The molecule has 9 heteroatoms. The minimum absolute atomic E-state index is 0.0279. The van der Waals surface area contributed by atoms with E-state index >= 15 is 0 Å². The van der Waals surface area contributed by atoms with Crippen LogP contribution in [0.3, 0.4) is 0 Å². The molecule has 1 aromatic heterocycles. The van der Waals surface area contributed by atoms with E-state index in [0.29, 0.717) is 30.2 Å². The molecule has 1 atom stereocenters. The predicted octanol–water partition coefficient (Wildman–Crippen LogP) is 2.64. The first-order chi connectivity index (χ1) is 16.4. The first-order valence-electron chi connectivity index (χ1n) is 11.2. The Morgan fingerprint density at radius 2 is 1.68 bits per heavy atom. The predicted molar refractivity (Wildman–Crippen MR) is 130 cm³/mol. The van der Waals surface area contributed by atoms with Crippen LogP contribution in [0.5, 0.6) is 0 Å². The highest BCUT2D eigenvalue weighted by molar-refractivity contribution is 6.16. The summed E-state index contributed by atoms with van der Waals surface area (Å²) in [6, 6.07) is 15.9. The number of fused-ring (bicyclic) bond motifs is 2. The van der Waals surface area contributed by atoms with Crippen LogP contribution in [0.2, 0.25) is 0 Å². The van der Waals surface area contributed by atoms with Gasteiger partial charge in [0.25, 0.3) is 11.7 Å². The summed E-state index contributed by atoms with van der Waals surface area (Å²) < 4.78 is -1.45. The normalized spacial score (nSPS) is 21.0. The Kier molecular flexibility index (Phi) is 5.70. The van der Waals surface area contributed by atoms with Crippen molar-refractivity contribution in [2.75, 3.05) is 51.7 Å². The number of hydroxylamine groups is 1. The molecule has 3 aromatic rings. The highest BCUT2D eigenvalue weighted by Crippen LogP contribution is 2.45. The number of anilines is 1. The van der Waals surface area contributed by atoms with E-state index < -0.39 is 16.5 Å². The Labute approximate surface area is 198 Å². The van der Waals surface area contributed by atoms with E-state index in [-0.39, 0.29) is 23.6 Å². The Balaban J connectivity index is 1.68. The van der Waals surface area contributed by atoms with Gasteiger partial charge in [0.1, 0.15) is 17.8 Å². The summed E-state index contributed by atoms with van der Waals surface area (Å²) in [5, 5.41) is 14.8. The maximum absolute atomic E-state index is 14.8. The second kappa shape index (κ2) is 8.69. The van der Waals surface area contributed by atoms with Gasteiger partial charge in [-0.2, -0.15) is 4.98 Å². The number of benzene rings is 2. The topological polar surface area (TPSA) is 92.7 Å². The number of carbonyl (C=O) groups is 2. The van der Waals surface area contributed by atoms with Crippen molar-refractivity contribution in [1.29, 1.82) is 0 Å². The summed E-state index contributed by atoms with van der Waals surface area (Å²) in [7, 11) is 3.63. The second-order valence-corrected chi connectivity index (χ2v) is 8.73. The van der Waals surface area contributed by atoms with Crippen molar-refractivity contribution < 1.29 is 9.59 Å². The smallest absolute Gasteiger partial charge is 0.339 e. The first-order valence-corrected chi connectivity index (χ1v) is 11.2. The van der Waals surface area contributed by atoms with E-state index in [2.05, 4.69) is 14.9 Å². The number of amides is 2. The van der Waals surface area contributed by atoms with Crippen LogP contribution in [-0.4, -0.2) is 78.4 Å². The van der Waals surface area contributed by atoms with Crippen LogP contribution in [0.25, 0.3) is 11.4 Å². The van der Waals surface area contributed by atoms with Crippen molar-refractivity contribution in [3.8, 4) is 11.4 Å². The number of hydrogen-bond acceptors (Lipinski definition) is 7. The van der Waals surface area contributed by atoms with Crippen molar-refractivity contribution in [3.05, 3.63) is 71.6 Å². The van der Waals surface area contributed by atoms with Crippen molar-refractivity contribution in [2.45, 2.75) is 0 Å². The fraction of sp³-hybridized carbons (Fsp3) is 0.280. The number of hydrogen-bond donors (Lipinski definition) is 0. The minimum Gasteiger partial charge on any atom is -0.613 e. The quantitative estimate of drug-likeness (QED) is 0.440. The molecule has 0 saturated carbocycles. The third-order valence-electron chi connectivity index (χ3n) is 6.52. The molecule has 0 bridgehead atoms. The van der Waals surface area contributed by atoms with Gasteiger partial charge in [-0.3, -0.25) is 9.69 Å². The SMILES string of the molecule is CN1CCN(CC(=O)[N+]2([O-])c3ccccc3N(C)C(=O)c3cnc(-c4ccccc4)nc32)CC1. The van der Waals surface area contributed by atoms with Crippen LogP contribution in [0.15, 0.2) is 60.8 Å². The van der Waals surface area contributed by atoms with E-state index in [9.17, 15) is 14.8 Å². The minimum atomic E-state index is -1.45. The van der Waals surface area contributed by atoms with E-state index in [1.807, 2.05) is 42.3 Å². The molecule has 0 radical (unpaired) electrons. The van der Waals surface area contributed by atoms with E-state index in [4.69, 9.17) is 0 Å². The largest absolute Gasteiger partial charge is 0.613 e. The zero-order chi connectivity index (χ0) is 23.9. The molecule has 0 N–H and O–H groups in total. The van der Waals surface area contributed by atoms with Gasteiger partial charge in [-0.05, 0) is 13.1 Å². The van der Waals surface area contributed by atoms with Gasteiger partial charge < -0.3 is 15.0 Å². The Bertz CT molecular complexity index is 1240. The van der Waals surface area contributed by atoms with E-state index in [0.717, 1.165) is 13.1 Å². The summed E-state index contributed by atoms with van der Waals surface area (Å²) >= 11 is 0. The molecule has 2 amide bonds. The Morgan fingerprint density at radius 1 is 1.00 bits per heavy atom. The van der Waals surface area contributed by atoms with E-state index in [1.54, 1.807) is 31.3 Å². The maximum Gasteiger partial charge on any atom is 0.339 e. The van der Waals surface area contributed by atoms with Crippen molar-refractivity contribution >= 4 is 29.0 Å². The third-order valence-corrected chi connectivity index (χ3v) is 6.52. The molecule has 174 valence electrons. The maximum atomic E-state index is 14.8. The van der Waals surface area contributed by atoms with Crippen molar-refractivity contribution in [2.24, 2.45) is 0 Å². The molecule has 2 aliphatic rings. The number of para-hydroxylation sites is 2. The lowest BCUT2D eigenvalue weighted by Crippen LogP contribution is -2.53. The van der Waals surface area contributed by atoms with Gasteiger partial charge in [-0.15, -0.1) is 0 Å². The number of nitrogens with zero attached hydrogens (tertiary/aromatic N) is 6. The molecule has 3 heterocycles. The standard InChI is InChI=1S/C25H26N6O3/c1-28-12-14-30(15-13-28)17-22(32)31(34)21-11-7-6-10-20(21)29(2)25(33)19-16-26-23(27-24(19)31)18-8-4-3-5-9-18/h3-11,16H,12-15,17H2,1-2H3. The third kappa shape index (κ3) is 3.68. The van der Waals surface area contributed by atoms with Crippen LogP contribution in [-0.2, 0) is 4.79 Å². The van der Waals surface area contributed by atoms with Gasteiger partial charge in [-0.25, -0.2) is 14.4 Å². The molecule has 1 fully saturated rings. The first kappa shape index (κ1) is 22.3. The number of rotatable bonds is 3. The Hall–Kier alpha value is -3.50. The summed E-state index contributed by atoms with van der Waals surface area (Å²) in [6.07, 6.45) is 1.36. The lowest BCUT2D eigenvalue weighted by atomic mass is 10.2. The fourth-order valence-electron chi connectivity index (χ4n) is 4.46. The number of aromatic nitrogens is 2. The van der Waals surface area contributed by atoms with E-state index in [1.165, 1.54) is 11.1 Å². The number of likely N-dealkylation sites (N-methyl/N-ethyl adjacent to an activating group) is 1. The number of carbonyl (C=O) groups excluding carboxylic acids is 2. The van der Waals surface area contributed by atoms with Crippen molar-refractivity contribution in [1.82, 2.24) is 24.4 Å².